The summed E-state index contributed by atoms with van der Waals surface area (Å²) in [5.41, 5.74) is 0.263. The maximum atomic E-state index is 11.0. The molecule has 1 aromatic carbocycles. The molecule has 2 radical (unpaired) electrons. The van der Waals surface area contributed by atoms with Gasteiger partial charge in [0.2, 0.25) is 0 Å². The van der Waals surface area contributed by atoms with Crippen LogP contribution in [0.25, 0.3) is 0 Å². The summed E-state index contributed by atoms with van der Waals surface area (Å²) in [6, 6.07) is 4.21. The van der Waals surface area contributed by atoms with Gasteiger partial charge in [-0.1, -0.05) is 22.3 Å². The van der Waals surface area contributed by atoms with Crippen molar-refractivity contribution in [3.05, 3.63) is 31.2 Å². The van der Waals surface area contributed by atoms with Crippen molar-refractivity contribution >= 4 is 5.97 Å². The topological polar surface area (TPSA) is 96.2 Å². The molecule has 0 heterocycles. The first-order valence-corrected chi connectivity index (χ1v) is 4.27. The van der Waals surface area contributed by atoms with E-state index < -0.39 is 12.8 Å². The molecule has 8 heteroatoms. The van der Waals surface area contributed by atoms with Crippen LogP contribution in [0.3, 0.4) is 0 Å². The molecule has 22 heavy (non-hydrogen) atoms. The normalized spacial score (nSPS) is 6.36. The third-order valence-corrected chi connectivity index (χ3v) is 1.55. The number of hydrogen-bond acceptors (Lipinski definition) is 6. The van der Waals surface area contributed by atoms with Gasteiger partial charge in [-0.2, -0.15) is 0 Å². The van der Waals surface area contributed by atoms with Gasteiger partial charge in [-0.05, 0) is 12.1 Å². The van der Waals surface area contributed by atoms with E-state index in [0.29, 0.717) is 5.75 Å². The Morgan fingerprint density at radius 3 is 1.77 bits per heavy atom. The molecule has 1 aromatic rings. The first-order valence-electron chi connectivity index (χ1n) is 4.27. The van der Waals surface area contributed by atoms with Gasteiger partial charge in [0, 0.05) is 71.5 Å². The SMILES string of the molecule is C.C.C.COC(=O)c1cc(O)cc(OC)c1.OCO.[CH3-].[Y].[Y]. The van der Waals surface area contributed by atoms with E-state index in [0.717, 1.165) is 0 Å². The summed E-state index contributed by atoms with van der Waals surface area (Å²) in [7, 11) is 2.73. The van der Waals surface area contributed by atoms with E-state index in [2.05, 4.69) is 4.74 Å². The second-order valence-corrected chi connectivity index (χ2v) is 2.55. The standard InChI is InChI=1S/C9H10O4.CH4O2.3CH4.CH3.2Y/c1-12-8-4-6(9(11)13-2)3-7(10)5-8;2-1-3;;;;;;/h3-5,10H,1-2H3;2-3H,1H2;3*1H4;1H3;;/q;;;;;-1;;. The number of aromatic hydroxyl groups is 1. The molecule has 0 aliphatic heterocycles. The molecule has 0 atom stereocenters. The van der Waals surface area contributed by atoms with E-state index >= 15 is 0 Å². The van der Waals surface area contributed by atoms with Gasteiger partial charge in [-0.3, -0.25) is 0 Å². The number of aliphatic hydroxyl groups is 2. The summed E-state index contributed by atoms with van der Waals surface area (Å²) in [5, 5.41) is 23.4. The Balaban J connectivity index is -0.0000000465. The second kappa shape index (κ2) is 26.3. The Hall–Kier alpha value is 0.418. The van der Waals surface area contributed by atoms with Gasteiger partial charge in [0.15, 0.2) is 0 Å². The molecule has 0 aromatic heterocycles. The number of phenols is 1. The van der Waals surface area contributed by atoms with Crippen LogP contribution in [0.5, 0.6) is 11.5 Å². The van der Waals surface area contributed by atoms with E-state index in [1.807, 2.05) is 0 Å². The summed E-state index contributed by atoms with van der Waals surface area (Å²) in [4.78, 5) is 11.0. The molecule has 3 N–H and O–H groups in total. The zero-order valence-corrected chi connectivity index (χ0v) is 16.8. The van der Waals surface area contributed by atoms with Crippen molar-refractivity contribution in [2.45, 2.75) is 22.3 Å². The van der Waals surface area contributed by atoms with Crippen LogP contribution >= 0.6 is 0 Å². The number of benzene rings is 1. The summed E-state index contributed by atoms with van der Waals surface area (Å²) >= 11 is 0. The number of hydrogen-bond donors (Lipinski definition) is 3. The Kier molecular flexibility index (Phi) is 51.8. The fraction of sp³-hybridized carbons (Fsp3) is 0.429. The van der Waals surface area contributed by atoms with Crippen molar-refractivity contribution in [3.8, 4) is 11.5 Å². The fourth-order valence-corrected chi connectivity index (χ4v) is 0.937. The third kappa shape index (κ3) is 18.5. The van der Waals surface area contributed by atoms with E-state index in [4.69, 9.17) is 14.9 Å². The maximum absolute atomic E-state index is 11.0. The van der Waals surface area contributed by atoms with Crippen LogP contribution in [0.4, 0.5) is 0 Å². The van der Waals surface area contributed by atoms with Gasteiger partial charge in [-0.25, -0.2) is 4.79 Å². The molecule has 0 unspecified atom stereocenters. The van der Waals surface area contributed by atoms with E-state index in [9.17, 15) is 9.90 Å². The quantitative estimate of drug-likeness (QED) is 0.349. The van der Waals surface area contributed by atoms with Crippen LogP contribution in [0, 0.1) is 7.43 Å². The molecule has 128 valence electrons. The number of esters is 1. The number of carbonyl (C=O) groups is 1. The molecule has 1 rings (SSSR count). The summed E-state index contributed by atoms with van der Waals surface area (Å²) < 4.78 is 9.35. The number of ether oxygens (including phenoxy) is 2. The van der Waals surface area contributed by atoms with Crippen LogP contribution in [-0.2, 0) is 70.2 Å². The van der Waals surface area contributed by atoms with Gasteiger partial charge in [0.25, 0.3) is 0 Å². The van der Waals surface area contributed by atoms with Gasteiger partial charge in [0.05, 0.1) is 19.8 Å². The second-order valence-electron chi connectivity index (χ2n) is 2.55. The molecule has 6 nitrogen and oxygen atoms in total. The van der Waals surface area contributed by atoms with Gasteiger partial charge in [-0.15, -0.1) is 0 Å². The summed E-state index contributed by atoms with van der Waals surface area (Å²) in [5.74, 6) is -0.116. The number of phenolic OH excluding ortho intramolecular Hbond substituents is 1. The molecule has 0 aliphatic carbocycles. The van der Waals surface area contributed by atoms with Crippen LogP contribution in [0.2, 0.25) is 0 Å². The zero-order valence-electron chi connectivity index (χ0n) is 11.2. The molecular weight excluding hydrogens is 442 g/mol. The Morgan fingerprint density at radius 2 is 1.45 bits per heavy atom. The van der Waals surface area contributed by atoms with Gasteiger partial charge in [0.1, 0.15) is 18.3 Å². The van der Waals surface area contributed by atoms with E-state index in [-0.39, 0.29) is 106 Å². The van der Waals surface area contributed by atoms with Crippen LogP contribution < -0.4 is 4.74 Å². The van der Waals surface area contributed by atoms with Crippen molar-refractivity contribution in [3.63, 3.8) is 0 Å². The first kappa shape index (κ1) is 43.3. The molecule has 0 saturated carbocycles. The van der Waals surface area contributed by atoms with Crippen LogP contribution in [-0.4, -0.2) is 42.3 Å². The number of methoxy groups -OCH3 is 2. The number of aliphatic hydroxyl groups excluding tert-OH is 1. The molecule has 0 saturated heterocycles. The predicted molar refractivity (Wildman–Crippen MR) is 81.9 cm³/mol. The Labute approximate surface area is 185 Å². The summed E-state index contributed by atoms with van der Waals surface area (Å²) in [6.07, 6.45) is 0. The number of rotatable bonds is 2. The molecule has 0 fully saturated rings. The van der Waals surface area contributed by atoms with Gasteiger partial charge < -0.3 is 32.2 Å². The number of carbonyl (C=O) groups excluding carboxylic acids is 1. The fourth-order valence-electron chi connectivity index (χ4n) is 0.937. The van der Waals surface area contributed by atoms with E-state index in [1.165, 1.54) is 32.4 Å². The monoisotopic (exact) mass is 471 g/mol. The first-order chi connectivity index (χ1) is 7.58. The minimum atomic E-state index is -0.750. The molecule has 0 aliphatic rings. The minimum Gasteiger partial charge on any atom is -0.508 e. The Morgan fingerprint density at radius 1 is 1.05 bits per heavy atom. The average Bonchev–Trinajstić information content (AvgIpc) is 2.28. The van der Waals surface area contributed by atoms with Crippen molar-refractivity contribution in [2.24, 2.45) is 0 Å². The molecule has 0 bridgehead atoms. The van der Waals surface area contributed by atoms with Crippen molar-refractivity contribution < 1.29 is 95.0 Å². The van der Waals surface area contributed by atoms with Crippen molar-refractivity contribution in [2.75, 3.05) is 21.0 Å². The average molecular weight is 471 g/mol. The van der Waals surface area contributed by atoms with Crippen LogP contribution in [0.15, 0.2) is 18.2 Å². The van der Waals surface area contributed by atoms with Crippen LogP contribution in [0.1, 0.15) is 32.6 Å². The molecular formula is C14H29O6Y2-. The Bertz CT molecular complexity index is 348. The van der Waals surface area contributed by atoms with Crippen molar-refractivity contribution in [1.82, 2.24) is 0 Å². The largest absolute Gasteiger partial charge is 0.508 e. The minimum absolute atomic E-state index is 0. The summed E-state index contributed by atoms with van der Waals surface area (Å²) in [6.45, 7) is -0.750. The molecule has 0 spiro atoms. The van der Waals surface area contributed by atoms with Crippen molar-refractivity contribution in [1.29, 1.82) is 0 Å². The van der Waals surface area contributed by atoms with Gasteiger partial charge >= 0.3 is 5.97 Å². The maximum Gasteiger partial charge on any atom is 0.338 e. The molecule has 0 amide bonds. The predicted octanol–water partition coefficient (Wildman–Crippen LogP) is 2.47. The van der Waals surface area contributed by atoms with E-state index in [1.54, 1.807) is 0 Å². The zero-order chi connectivity index (χ0) is 12.6. The third-order valence-electron chi connectivity index (χ3n) is 1.55. The smallest absolute Gasteiger partial charge is 0.338 e.